The number of rotatable bonds is 7. The number of amides is 1. The number of aryl methyl sites for hydroxylation is 1. The Labute approximate surface area is 155 Å². The van der Waals surface area contributed by atoms with Crippen molar-refractivity contribution in [2.75, 3.05) is 14.2 Å². The summed E-state index contributed by atoms with van der Waals surface area (Å²) in [5, 5.41) is 4.00. The van der Waals surface area contributed by atoms with E-state index in [4.69, 9.17) is 9.47 Å². The Balaban J connectivity index is 1.91. The van der Waals surface area contributed by atoms with E-state index in [1.54, 1.807) is 26.5 Å². The molecule has 0 saturated carbocycles. The minimum Gasteiger partial charge on any atom is -0.493 e. The van der Waals surface area contributed by atoms with Gasteiger partial charge in [-0.2, -0.15) is 5.10 Å². The lowest BCUT2D eigenvalue weighted by atomic mass is 10.1. The molecular formula is C18H19IN2O3. The molecule has 0 aromatic heterocycles. The lowest BCUT2D eigenvalue weighted by molar-refractivity contribution is -0.121. The molecule has 0 spiro atoms. The van der Waals surface area contributed by atoms with Gasteiger partial charge in [-0.3, -0.25) is 4.79 Å². The van der Waals surface area contributed by atoms with Crippen LogP contribution in [0.15, 0.2) is 47.6 Å². The molecule has 24 heavy (non-hydrogen) atoms. The van der Waals surface area contributed by atoms with Crippen molar-refractivity contribution in [3.05, 3.63) is 57.2 Å². The number of hydrazone groups is 1. The minimum atomic E-state index is -0.120. The molecule has 0 fully saturated rings. The van der Waals surface area contributed by atoms with Gasteiger partial charge in [-0.05, 0) is 52.3 Å². The van der Waals surface area contributed by atoms with Crippen molar-refractivity contribution in [2.45, 2.75) is 12.8 Å². The van der Waals surface area contributed by atoms with E-state index in [1.165, 1.54) is 0 Å². The van der Waals surface area contributed by atoms with E-state index in [9.17, 15) is 4.79 Å². The lowest BCUT2D eigenvalue weighted by Crippen LogP contribution is -2.17. The van der Waals surface area contributed by atoms with Crippen LogP contribution in [0.5, 0.6) is 11.5 Å². The highest BCUT2D eigenvalue weighted by atomic mass is 127. The molecule has 1 amide bonds. The van der Waals surface area contributed by atoms with Crippen LogP contribution >= 0.6 is 22.6 Å². The molecule has 0 bridgehead atoms. The summed E-state index contributed by atoms with van der Waals surface area (Å²) in [7, 11) is 3.18. The van der Waals surface area contributed by atoms with Gasteiger partial charge in [0.15, 0.2) is 11.5 Å². The van der Waals surface area contributed by atoms with E-state index in [0.29, 0.717) is 24.3 Å². The molecule has 0 aliphatic heterocycles. The Bertz CT molecular complexity index is 718. The molecule has 126 valence electrons. The molecule has 0 unspecified atom stereocenters. The fourth-order valence-electron chi connectivity index (χ4n) is 2.15. The molecule has 0 saturated heterocycles. The van der Waals surface area contributed by atoms with Gasteiger partial charge in [0.1, 0.15) is 0 Å². The third kappa shape index (κ3) is 5.23. The monoisotopic (exact) mass is 438 g/mol. The molecular weight excluding hydrogens is 419 g/mol. The number of halogens is 1. The normalized spacial score (nSPS) is 10.6. The molecule has 0 atom stereocenters. The second kappa shape index (κ2) is 9.27. The Morgan fingerprint density at radius 1 is 1.21 bits per heavy atom. The van der Waals surface area contributed by atoms with E-state index >= 15 is 0 Å². The smallest absolute Gasteiger partial charge is 0.240 e. The van der Waals surface area contributed by atoms with Gasteiger partial charge in [0.2, 0.25) is 5.91 Å². The van der Waals surface area contributed by atoms with E-state index in [1.807, 2.05) is 36.4 Å². The number of benzene rings is 2. The van der Waals surface area contributed by atoms with Crippen LogP contribution in [0.2, 0.25) is 0 Å². The van der Waals surface area contributed by atoms with Gasteiger partial charge in [0.05, 0.1) is 24.0 Å². The summed E-state index contributed by atoms with van der Waals surface area (Å²) in [4.78, 5) is 11.8. The highest BCUT2D eigenvalue weighted by molar-refractivity contribution is 14.1. The predicted molar refractivity (Wildman–Crippen MR) is 103 cm³/mol. The highest BCUT2D eigenvalue weighted by Gasteiger charge is 2.09. The second-order valence-electron chi connectivity index (χ2n) is 5.02. The summed E-state index contributed by atoms with van der Waals surface area (Å²) < 4.78 is 11.5. The molecule has 2 rings (SSSR count). The molecule has 0 radical (unpaired) electrons. The molecule has 2 aromatic rings. The maximum absolute atomic E-state index is 11.8. The zero-order valence-corrected chi connectivity index (χ0v) is 15.7. The maximum Gasteiger partial charge on any atom is 0.240 e. The number of hydrogen-bond donors (Lipinski definition) is 1. The van der Waals surface area contributed by atoms with Gasteiger partial charge >= 0.3 is 0 Å². The zero-order chi connectivity index (χ0) is 17.4. The molecule has 5 nitrogen and oxygen atoms in total. The van der Waals surface area contributed by atoms with Gasteiger partial charge in [-0.15, -0.1) is 0 Å². The van der Waals surface area contributed by atoms with Crippen molar-refractivity contribution in [3.8, 4) is 11.5 Å². The first-order chi connectivity index (χ1) is 11.6. The second-order valence-corrected chi connectivity index (χ2v) is 6.18. The number of nitrogens with one attached hydrogen (secondary N) is 1. The predicted octanol–water partition coefficient (Wildman–Crippen LogP) is 3.39. The number of hydrogen-bond acceptors (Lipinski definition) is 4. The SMILES string of the molecule is COc1cc(/C=N\NC(=O)CCc2ccccc2)cc(I)c1OC. The van der Waals surface area contributed by atoms with Gasteiger partial charge in [-0.1, -0.05) is 30.3 Å². The molecule has 2 aromatic carbocycles. The Kier molecular flexibility index (Phi) is 7.05. The molecule has 0 heterocycles. The third-order valence-electron chi connectivity index (χ3n) is 3.34. The quantitative estimate of drug-likeness (QED) is 0.410. The van der Waals surface area contributed by atoms with Crippen molar-refractivity contribution in [2.24, 2.45) is 5.10 Å². The summed E-state index contributed by atoms with van der Waals surface area (Å²) in [5.41, 5.74) is 4.49. The topological polar surface area (TPSA) is 59.9 Å². The third-order valence-corrected chi connectivity index (χ3v) is 4.14. The van der Waals surface area contributed by atoms with Crippen LogP contribution in [0.3, 0.4) is 0 Å². The van der Waals surface area contributed by atoms with E-state index in [-0.39, 0.29) is 5.91 Å². The Hall–Kier alpha value is -2.09. The largest absolute Gasteiger partial charge is 0.493 e. The summed E-state index contributed by atoms with van der Waals surface area (Å²) in [6.45, 7) is 0. The van der Waals surface area contributed by atoms with E-state index < -0.39 is 0 Å². The number of ether oxygens (including phenoxy) is 2. The lowest BCUT2D eigenvalue weighted by Gasteiger charge is -2.10. The number of carbonyl (C=O) groups excluding carboxylic acids is 1. The highest BCUT2D eigenvalue weighted by Crippen LogP contribution is 2.32. The molecule has 1 N–H and O–H groups in total. The fourth-order valence-corrected chi connectivity index (χ4v) is 3.00. The van der Waals surface area contributed by atoms with E-state index in [2.05, 4.69) is 33.1 Å². The number of methoxy groups -OCH3 is 2. The van der Waals surface area contributed by atoms with Crippen molar-refractivity contribution < 1.29 is 14.3 Å². The van der Waals surface area contributed by atoms with Gasteiger partial charge < -0.3 is 9.47 Å². The van der Waals surface area contributed by atoms with Crippen molar-refractivity contribution in [1.82, 2.24) is 5.43 Å². The summed E-state index contributed by atoms with van der Waals surface area (Å²) in [6.07, 6.45) is 2.67. The standard InChI is InChI=1S/C18H19IN2O3/c1-23-16-11-14(10-15(19)18(16)24-2)12-20-21-17(22)9-8-13-6-4-3-5-7-13/h3-7,10-12H,8-9H2,1-2H3,(H,21,22)/b20-12-. The molecule has 6 heteroatoms. The van der Waals surface area contributed by atoms with Gasteiger partial charge in [0.25, 0.3) is 0 Å². The van der Waals surface area contributed by atoms with Crippen molar-refractivity contribution >= 4 is 34.7 Å². The van der Waals surface area contributed by atoms with Crippen molar-refractivity contribution in [1.29, 1.82) is 0 Å². The van der Waals surface area contributed by atoms with Crippen LogP contribution in [0.1, 0.15) is 17.5 Å². The first-order valence-corrected chi connectivity index (χ1v) is 8.49. The van der Waals surface area contributed by atoms with Crippen LogP contribution in [-0.2, 0) is 11.2 Å². The zero-order valence-electron chi connectivity index (χ0n) is 13.6. The molecule has 0 aliphatic carbocycles. The van der Waals surface area contributed by atoms with Gasteiger partial charge in [-0.25, -0.2) is 5.43 Å². The van der Waals surface area contributed by atoms with Crippen LogP contribution < -0.4 is 14.9 Å². The van der Waals surface area contributed by atoms with Crippen molar-refractivity contribution in [3.63, 3.8) is 0 Å². The fraction of sp³-hybridized carbons (Fsp3) is 0.222. The Morgan fingerprint density at radius 3 is 2.62 bits per heavy atom. The van der Waals surface area contributed by atoms with E-state index in [0.717, 1.165) is 14.7 Å². The van der Waals surface area contributed by atoms with Crippen LogP contribution in [0.25, 0.3) is 0 Å². The maximum atomic E-state index is 11.8. The molecule has 0 aliphatic rings. The first kappa shape index (κ1) is 18.3. The van der Waals surface area contributed by atoms with Crippen LogP contribution in [-0.4, -0.2) is 26.3 Å². The summed E-state index contributed by atoms with van der Waals surface area (Å²) in [6, 6.07) is 13.6. The van der Waals surface area contributed by atoms with Crippen LogP contribution in [0, 0.1) is 3.57 Å². The minimum absolute atomic E-state index is 0.120. The summed E-state index contributed by atoms with van der Waals surface area (Å²) >= 11 is 2.17. The average Bonchev–Trinajstić information content (AvgIpc) is 2.60. The van der Waals surface area contributed by atoms with Crippen LogP contribution in [0.4, 0.5) is 0 Å². The first-order valence-electron chi connectivity index (χ1n) is 7.41. The number of nitrogens with zero attached hydrogens (tertiary/aromatic N) is 1. The van der Waals surface area contributed by atoms with Gasteiger partial charge in [0, 0.05) is 6.42 Å². The number of carbonyl (C=O) groups is 1. The Morgan fingerprint density at radius 2 is 1.96 bits per heavy atom. The summed E-state index contributed by atoms with van der Waals surface area (Å²) in [5.74, 6) is 1.19. The average molecular weight is 438 g/mol.